The molecule has 2 aromatic rings. The number of halogens is 1. The summed E-state index contributed by atoms with van der Waals surface area (Å²) in [7, 11) is 1.80. The van der Waals surface area contributed by atoms with E-state index in [0.717, 1.165) is 5.56 Å². The first-order valence-corrected chi connectivity index (χ1v) is 8.73. The fourth-order valence-corrected chi connectivity index (χ4v) is 3.26. The van der Waals surface area contributed by atoms with Crippen molar-refractivity contribution < 1.29 is 14.0 Å². The van der Waals surface area contributed by atoms with E-state index in [2.05, 4.69) is 4.98 Å². The number of hydrogen-bond donors (Lipinski definition) is 0. The third kappa shape index (κ3) is 4.25. The molecule has 0 aliphatic carbocycles. The van der Waals surface area contributed by atoms with E-state index < -0.39 is 0 Å². The third-order valence-electron chi connectivity index (χ3n) is 4.77. The lowest BCUT2D eigenvalue weighted by atomic mass is 9.94. The van der Waals surface area contributed by atoms with Crippen LogP contribution in [0.3, 0.4) is 0 Å². The minimum Gasteiger partial charge on any atom is -0.341 e. The highest BCUT2D eigenvalue weighted by Gasteiger charge is 2.29. The summed E-state index contributed by atoms with van der Waals surface area (Å²) in [5.41, 5.74) is 1.52. The molecule has 0 spiro atoms. The average Bonchev–Trinajstić information content (AvgIpc) is 2.68. The Morgan fingerprint density at radius 1 is 1.12 bits per heavy atom. The van der Waals surface area contributed by atoms with Crippen LogP contribution >= 0.6 is 0 Å². The van der Waals surface area contributed by atoms with Gasteiger partial charge in [0.05, 0.1) is 0 Å². The molecule has 0 atom stereocenters. The van der Waals surface area contributed by atoms with Gasteiger partial charge in [0.2, 0.25) is 5.91 Å². The van der Waals surface area contributed by atoms with Crippen molar-refractivity contribution in [3.8, 4) is 0 Å². The van der Waals surface area contributed by atoms with Gasteiger partial charge in [0.1, 0.15) is 5.82 Å². The molecule has 2 heterocycles. The van der Waals surface area contributed by atoms with E-state index in [4.69, 9.17) is 0 Å². The summed E-state index contributed by atoms with van der Waals surface area (Å²) in [6.45, 7) is 1.63. The van der Waals surface area contributed by atoms with Crippen molar-refractivity contribution in [3.63, 3.8) is 0 Å². The second kappa shape index (κ2) is 8.08. The summed E-state index contributed by atoms with van der Waals surface area (Å²) in [4.78, 5) is 32.6. The number of pyridine rings is 1. The third-order valence-corrected chi connectivity index (χ3v) is 4.77. The summed E-state index contributed by atoms with van der Waals surface area (Å²) in [5.74, 6) is -0.432. The van der Waals surface area contributed by atoms with Crippen molar-refractivity contribution in [1.29, 1.82) is 0 Å². The van der Waals surface area contributed by atoms with Crippen LogP contribution in [0.2, 0.25) is 0 Å². The van der Waals surface area contributed by atoms with Gasteiger partial charge in [0.25, 0.3) is 5.91 Å². The molecular formula is C20H22FN3O2. The van der Waals surface area contributed by atoms with Gasteiger partial charge in [-0.3, -0.25) is 14.6 Å². The Morgan fingerprint density at radius 2 is 1.73 bits per heavy atom. The summed E-state index contributed by atoms with van der Waals surface area (Å²) in [6, 6.07) is 9.37. The Morgan fingerprint density at radius 3 is 2.35 bits per heavy atom. The first kappa shape index (κ1) is 18.0. The number of carbonyl (C=O) groups is 2. The quantitative estimate of drug-likeness (QED) is 0.847. The molecule has 0 saturated carbocycles. The van der Waals surface area contributed by atoms with Gasteiger partial charge >= 0.3 is 0 Å². The number of aromatic nitrogens is 1. The van der Waals surface area contributed by atoms with E-state index in [1.165, 1.54) is 24.3 Å². The van der Waals surface area contributed by atoms with Crippen molar-refractivity contribution >= 4 is 11.8 Å². The maximum Gasteiger partial charge on any atom is 0.253 e. The molecule has 2 amide bonds. The molecule has 3 rings (SSSR count). The fraction of sp³-hybridized carbons (Fsp3) is 0.350. The van der Waals surface area contributed by atoms with Gasteiger partial charge in [0.15, 0.2) is 0 Å². The smallest absolute Gasteiger partial charge is 0.253 e. The molecule has 0 radical (unpaired) electrons. The summed E-state index contributed by atoms with van der Waals surface area (Å²) in [5, 5.41) is 0. The molecule has 1 fully saturated rings. The monoisotopic (exact) mass is 355 g/mol. The number of benzene rings is 1. The molecule has 1 aromatic carbocycles. The molecule has 1 aliphatic heterocycles. The second-order valence-electron chi connectivity index (χ2n) is 6.62. The first-order valence-electron chi connectivity index (χ1n) is 8.73. The van der Waals surface area contributed by atoms with Crippen LogP contribution in [-0.2, 0) is 11.3 Å². The molecule has 136 valence electrons. The number of likely N-dealkylation sites (tertiary alicyclic amines) is 1. The predicted molar refractivity (Wildman–Crippen MR) is 95.7 cm³/mol. The topological polar surface area (TPSA) is 53.5 Å². The van der Waals surface area contributed by atoms with Crippen LogP contribution in [0.5, 0.6) is 0 Å². The van der Waals surface area contributed by atoms with E-state index in [-0.39, 0.29) is 23.5 Å². The van der Waals surface area contributed by atoms with E-state index in [1.54, 1.807) is 29.2 Å². The van der Waals surface area contributed by atoms with Crippen LogP contribution in [-0.4, -0.2) is 46.7 Å². The van der Waals surface area contributed by atoms with Crippen molar-refractivity contribution in [2.75, 3.05) is 20.1 Å². The zero-order valence-electron chi connectivity index (χ0n) is 14.8. The number of amides is 2. The average molecular weight is 355 g/mol. The Labute approximate surface area is 152 Å². The lowest BCUT2D eigenvalue weighted by Crippen LogP contribution is -2.43. The van der Waals surface area contributed by atoms with Crippen LogP contribution in [0.25, 0.3) is 0 Å². The van der Waals surface area contributed by atoms with Crippen LogP contribution < -0.4 is 0 Å². The highest BCUT2D eigenvalue weighted by atomic mass is 19.1. The van der Waals surface area contributed by atoms with Gasteiger partial charge in [-0.25, -0.2) is 4.39 Å². The van der Waals surface area contributed by atoms with Crippen LogP contribution in [0, 0.1) is 11.7 Å². The number of rotatable bonds is 4. The van der Waals surface area contributed by atoms with Gasteiger partial charge in [-0.15, -0.1) is 0 Å². The SMILES string of the molecule is CN(Cc1ccncc1)C(=O)C1CCN(C(=O)c2ccc(F)cc2)CC1. The lowest BCUT2D eigenvalue weighted by molar-refractivity contribution is -0.136. The maximum atomic E-state index is 13.0. The summed E-state index contributed by atoms with van der Waals surface area (Å²) in [6.07, 6.45) is 4.72. The van der Waals surface area contributed by atoms with Crippen molar-refractivity contribution in [2.24, 2.45) is 5.92 Å². The number of carbonyl (C=O) groups excluding carboxylic acids is 2. The Kier molecular flexibility index (Phi) is 5.61. The highest BCUT2D eigenvalue weighted by molar-refractivity contribution is 5.94. The zero-order chi connectivity index (χ0) is 18.5. The van der Waals surface area contributed by atoms with Gasteiger partial charge < -0.3 is 9.80 Å². The summed E-state index contributed by atoms with van der Waals surface area (Å²) < 4.78 is 13.0. The van der Waals surface area contributed by atoms with E-state index in [9.17, 15) is 14.0 Å². The largest absolute Gasteiger partial charge is 0.341 e. The molecular weight excluding hydrogens is 333 g/mol. The molecule has 1 aromatic heterocycles. The molecule has 0 bridgehead atoms. The molecule has 1 aliphatic rings. The van der Waals surface area contributed by atoms with Crippen molar-refractivity contribution in [3.05, 3.63) is 65.7 Å². The Hall–Kier alpha value is -2.76. The van der Waals surface area contributed by atoms with Gasteiger partial charge in [-0.2, -0.15) is 0 Å². The van der Waals surface area contributed by atoms with Crippen molar-refractivity contribution in [2.45, 2.75) is 19.4 Å². The van der Waals surface area contributed by atoms with E-state index in [1.807, 2.05) is 12.1 Å². The van der Waals surface area contributed by atoms with Gasteiger partial charge in [-0.1, -0.05) is 0 Å². The molecule has 0 N–H and O–H groups in total. The number of hydrogen-bond acceptors (Lipinski definition) is 3. The lowest BCUT2D eigenvalue weighted by Gasteiger charge is -2.33. The fourth-order valence-electron chi connectivity index (χ4n) is 3.26. The maximum absolute atomic E-state index is 13.0. The molecule has 6 heteroatoms. The van der Waals surface area contributed by atoms with Crippen LogP contribution in [0.15, 0.2) is 48.8 Å². The molecule has 0 unspecified atom stereocenters. The Balaban J connectivity index is 1.53. The second-order valence-corrected chi connectivity index (χ2v) is 6.62. The predicted octanol–water partition coefficient (Wildman–Crippen LogP) is 2.73. The van der Waals surface area contributed by atoms with E-state index >= 15 is 0 Å². The minimum absolute atomic E-state index is 0.0703. The normalized spacial score (nSPS) is 14.9. The Bertz CT molecular complexity index is 756. The van der Waals surface area contributed by atoms with Crippen LogP contribution in [0.4, 0.5) is 4.39 Å². The minimum atomic E-state index is -0.358. The van der Waals surface area contributed by atoms with Crippen molar-refractivity contribution in [1.82, 2.24) is 14.8 Å². The highest BCUT2D eigenvalue weighted by Crippen LogP contribution is 2.21. The van der Waals surface area contributed by atoms with E-state index in [0.29, 0.717) is 38.0 Å². The molecule has 26 heavy (non-hydrogen) atoms. The number of piperidine rings is 1. The standard InChI is InChI=1S/C20H22FN3O2/c1-23(14-15-6-10-22-11-7-15)19(25)17-8-12-24(13-9-17)20(26)16-2-4-18(21)5-3-16/h2-7,10-11,17H,8-9,12-14H2,1H3. The molecule has 5 nitrogen and oxygen atoms in total. The summed E-state index contributed by atoms with van der Waals surface area (Å²) >= 11 is 0. The molecule has 1 saturated heterocycles. The van der Waals surface area contributed by atoms with Gasteiger partial charge in [0, 0.05) is 50.6 Å². The van der Waals surface area contributed by atoms with Gasteiger partial charge in [-0.05, 0) is 54.8 Å². The first-order chi connectivity index (χ1) is 12.5. The zero-order valence-corrected chi connectivity index (χ0v) is 14.8. The number of nitrogens with zero attached hydrogens (tertiary/aromatic N) is 3. The van der Waals surface area contributed by atoms with Crippen LogP contribution in [0.1, 0.15) is 28.8 Å².